The molecule has 0 bridgehead atoms. The van der Waals surface area contributed by atoms with Crippen molar-refractivity contribution in [3.8, 4) is 0 Å². The summed E-state index contributed by atoms with van der Waals surface area (Å²) >= 11 is 0. The van der Waals surface area contributed by atoms with Crippen LogP contribution in [0.3, 0.4) is 0 Å². The van der Waals surface area contributed by atoms with Gasteiger partial charge in [-0.1, -0.05) is 137 Å². The van der Waals surface area contributed by atoms with E-state index in [4.69, 9.17) is 18.5 Å². The maximum absolute atomic E-state index is 12.7. The van der Waals surface area contributed by atoms with Crippen LogP contribution in [0.2, 0.25) is 0 Å². The lowest BCUT2D eigenvalue weighted by atomic mass is 10.1. The summed E-state index contributed by atoms with van der Waals surface area (Å²) in [6, 6.07) is 0. The molecule has 0 saturated carbocycles. The highest BCUT2D eigenvalue weighted by atomic mass is 31.2. The monoisotopic (exact) mass is 846 g/mol. The van der Waals surface area contributed by atoms with E-state index in [1.165, 1.54) is 0 Å². The molecule has 0 fully saturated rings. The Labute approximate surface area is 358 Å². The second-order valence-corrected chi connectivity index (χ2v) is 16.9. The van der Waals surface area contributed by atoms with Gasteiger partial charge in [0, 0.05) is 12.8 Å². The van der Waals surface area contributed by atoms with Gasteiger partial charge in [0.1, 0.15) is 19.8 Å². The van der Waals surface area contributed by atoms with Gasteiger partial charge in [-0.2, -0.15) is 0 Å². The van der Waals surface area contributed by atoms with Crippen LogP contribution in [0, 0.1) is 0 Å². The molecule has 11 heteroatoms. The van der Waals surface area contributed by atoms with Crippen molar-refractivity contribution in [1.29, 1.82) is 0 Å². The van der Waals surface area contributed by atoms with Gasteiger partial charge < -0.3 is 33.0 Å². The molecule has 0 aromatic carbocycles. The van der Waals surface area contributed by atoms with Gasteiger partial charge in [0.2, 0.25) is 0 Å². The number of aliphatic hydroxyl groups excluding tert-OH is 1. The number of rotatable bonds is 38. The molecule has 0 aromatic rings. The fourth-order valence-corrected chi connectivity index (χ4v) is 5.97. The Hall–Kier alpha value is -3.11. The van der Waals surface area contributed by atoms with E-state index in [-0.39, 0.29) is 26.1 Å². The maximum Gasteiger partial charge on any atom is 0.306 e. The predicted octanol–water partition coefficient (Wildman–Crippen LogP) is 10.9. The number of aliphatic hydroxyl groups is 1. The third-order valence-electron chi connectivity index (χ3n) is 8.68. The van der Waals surface area contributed by atoms with E-state index in [1.807, 2.05) is 45.4 Å². The largest absolute Gasteiger partial charge is 0.756 e. The molecule has 0 heterocycles. The second-order valence-electron chi connectivity index (χ2n) is 15.5. The first-order valence-electron chi connectivity index (χ1n) is 22.1. The molecule has 0 aromatic heterocycles. The second kappa shape index (κ2) is 39.1. The van der Waals surface area contributed by atoms with Gasteiger partial charge in [-0.25, -0.2) is 0 Å². The van der Waals surface area contributed by atoms with E-state index in [0.717, 1.165) is 89.9 Å². The van der Waals surface area contributed by atoms with Gasteiger partial charge in [0.05, 0.1) is 33.9 Å². The molecule has 10 nitrogen and oxygen atoms in total. The average molecular weight is 846 g/mol. The SMILES string of the molecule is CC/C=C\C/C=C\C/C=C\C/C=C\C/C=C\CCCCCC(=O)OC[C@H](COP(=O)([O-])OCC[N+](C)(C)C)OC(=O)CCCCCCC/C=C/C=C/C(O)C/C=C/CC. The summed E-state index contributed by atoms with van der Waals surface area (Å²) in [5.41, 5.74) is 0. The molecule has 0 radical (unpaired) electrons. The number of carbonyl (C=O) groups excluding carboxylic acids is 2. The first kappa shape index (κ1) is 55.9. The minimum atomic E-state index is -4.66. The number of phosphoric ester groups is 1. The third-order valence-corrected chi connectivity index (χ3v) is 9.64. The number of esters is 2. The number of ether oxygens (including phenoxy) is 2. The quantitative estimate of drug-likeness (QED) is 0.0161. The van der Waals surface area contributed by atoms with E-state index in [2.05, 4.69) is 80.7 Å². The maximum atomic E-state index is 12.7. The third kappa shape index (κ3) is 42.8. The number of quaternary nitrogens is 1. The lowest BCUT2D eigenvalue weighted by Gasteiger charge is -2.28. The number of carbonyl (C=O) groups is 2. The van der Waals surface area contributed by atoms with Crippen LogP contribution >= 0.6 is 7.82 Å². The number of unbranched alkanes of at least 4 members (excludes halogenated alkanes) is 8. The molecule has 3 atom stereocenters. The Morgan fingerprint density at radius 2 is 1.14 bits per heavy atom. The molecule has 59 heavy (non-hydrogen) atoms. The molecular formula is C48H80NO9P. The zero-order valence-corrected chi connectivity index (χ0v) is 38.2. The molecule has 336 valence electrons. The first-order chi connectivity index (χ1) is 28.4. The van der Waals surface area contributed by atoms with Crippen LogP contribution in [0.1, 0.15) is 136 Å². The molecule has 1 N–H and O–H groups in total. The highest BCUT2D eigenvalue weighted by Crippen LogP contribution is 2.38. The van der Waals surface area contributed by atoms with Crippen LogP contribution in [0.4, 0.5) is 0 Å². The number of likely N-dealkylation sites (N-methyl/N-ethyl adjacent to an activating group) is 1. The Morgan fingerprint density at radius 3 is 1.75 bits per heavy atom. The number of nitrogens with zero attached hydrogens (tertiary/aromatic N) is 1. The van der Waals surface area contributed by atoms with E-state index in [0.29, 0.717) is 30.3 Å². The van der Waals surface area contributed by atoms with Crippen molar-refractivity contribution in [2.45, 2.75) is 148 Å². The van der Waals surface area contributed by atoms with Crippen molar-refractivity contribution in [3.63, 3.8) is 0 Å². The molecule has 0 saturated heterocycles. The standard InChI is InChI=1S/C48H80NO9P/c1-6-8-10-11-12-13-14-15-16-17-18-19-20-21-22-25-28-31-35-39-47(51)55-43-46(44-57-59(53,54)56-42-41-49(3,4)5)58-48(52)40-36-32-29-26-23-24-27-30-34-38-45(50)37-33-9-7-2/h8-10,12-13,15-16,18-19,21-22,27,30,33-34,38,45-46,50H,6-7,11,14,17,20,23-26,28-29,31-32,35-37,39-44H2,1-5H3/b10-8-,13-12-,16-15-,19-18-,22-21-,30-27+,33-9+,38-34+/t45?,46-/m1/s1. The minimum absolute atomic E-state index is 0.0561. The van der Waals surface area contributed by atoms with Gasteiger partial charge in [0.25, 0.3) is 7.82 Å². The zero-order valence-electron chi connectivity index (χ0n) is 37.3. The molecule has 0 amide bonds. The average Bonchev–Trinajstić information content (AvgIpc) is 3.18. The molecule has 0 spiro atoms. The lowest BCUT2D eigenvalue weighted by molar-refractivity contribution is -0.870. The predicted molar refractivity (Wildman–Crippen MR) is 241 cm³/mol. The summed E-state index contributed by atoms with van der Waals surface area (Å²) in [5, 5.41) is 9.89. The van der Waals surface area contributed by atoms with E-state index in [1.54, 1.807) is 6.08 Å². The van der Waals surface area contributed by atoms with Crippen LogP contribution in [0.15, 0.2) is 97.2 Å². The Kier molecular flexibility index (Phi) is 37.0. The smallest absolute Gasteiger partial charge is 0.306 e. The Morgan fingerprint density at radius 1 is 0.627 bits per heavy atom. The van der Waals surface area contributed by atoms with Crippen LogP contribution in [0.5, 0.6) is 0 Å². The van der Waals surface area contributed by atoms with Crippen LogP contribution in [-0.2, 0) is 32.7 Å². The Bertz CT molecular complexity index is 1340. The number of hydrogen-bond donors (Lipinski definition) is 1. The topological polar surface area (TPSA) is 131 Å². The first-order valence-corrected chi connectivity index (χ1v) is 23.5. The number of hydrogen-bond acceptors (Lipinski definition) is 9. The van der Waals surface area contributed by atoms with Crippen LogP contribution in [-0.4, -0.2) is 81.2 Å². The van der Waals surface area contributed by atoms with E-state index >= 15 is 0 Å². The van der Waals surface area contributed by atoms with E-state index < -0.39 is 38.6 Å². The van der Waals surface area contributed by atoms with Crippen LogP contribution < -0.4 is 4.89 Å². The van der Waals surface area contributed by atoms with Crippen molar-refractivity contribution in [2.75, 3.05) is 47.5 Å². The number of allylic oxidation sites excluding steroid dienone is 14. The summed E-state index contributed by atoms with van der Waals surface area (Å²) in [5.74, 6) is -0.938. The summed E-state index contributed by atoms with van der Waals surface area (Å²) < 4.78 is 33.8. The van der Waals surface area contributed by atoms with Gasteiger partial charge in [-0.05, 0) is 83.5 Å². The summed E-state index contributed by atoms with van der Waals surface area (Å²) in [4.78, 5) is 37.5. The normalized spacial score (nSPS) is 15.0. The van der Waals surface area contributed by atoms with E-state index in [9.17, 15) is 24.2 Å². The van der Waals surface area contributed by atoms with Crippen molar-refractivity contribution in [2.24, 2.45) is 0 Å². The fraction of sp³-hybridized carbons (Fsp3) is 0.625. The summed E-state index contributed by atoms with van der Waals surface area (Å²) in [6.07, 6.45) is 47.6. The molecule has 2 unspecified atom stereocenters. The Balaban J connectivity index is 4.50. The van der Waals surface area contributed by atoms with Gasteiger partial charge in [0.15, 0.2) is 6.10 Å². The highest BCUT2D eigenvalue weighted by Gasteiger charge is 2.21. The molecule has 0 aliphatic rings. The highest BCUT2D eigenvalue weighted by molar-refractivity contribution is 7.45. The lowest BCUT2D eigenvalue weighted by Crippen LogP contribution is -2.37. The molecule has 0 aliphatic carbocycles. The van der Waals surface area contributed by atoms with Gasteiger partial charge in [-0.15, -0.1) is 0 Å². The van der Waals surface area contributed by atoms with Gasteiger partial charge in [-0.3, -0.25) is 14.2 Å². The molecular weight excluding hydrogens is 765 g/mol. The molecule has 0 aliphatic heterocycles. The summed E-state index contributed by atoms with van der Waals surface area (Å²) in [6.45, 7) is 3.79. The number of phosphoric acid groups is 1. The van der Waals surface area contributed by atoms with Crippen molar-refractivity contribution < 1.29 is 47.2 Å². The summed E-state index contributed by atoms with van der Waals surface area (Å²) in [7, 11) is 1.08. The van der Waals surface area contributed by atoms with Crippen molar-refractivity contribution in [1.82, 2.24) is 0 Å². The fourth-order valence-electron chi connectivity index (χ4n) is 5.24. The van der Waals surface area contributed by atoms with Crippen LogP contribution in [0.25, 0.3) is 0 Å². The van der Waals surface area contributed by atoms with Gasteiger partial charge >= 0.3 is 11.9 Å². The molecule has 0 rings (SSSR count). The van der Waals surface area contributed by atoms with Crippen molar-refractivity contribution in [3.05, 3.63) is 97.2 Å². The van der Waals surface area contributed by atoms with Crippen molar-refractivity contribution >= 4 is 19.8 Å². The minimum Gasteiger partial charge on any atom is -0.756 e. The zero-order chi connectivity index (χ0) is 43.7.